The number of hydrogen-bond donors (Lipinski definition) is 5. The minimum absolute atomic E-state index is 0.0785. The molecule has 2 aromatic heterocycles. The monoisotopic (exact) mass is 551 g/mol. The Balaban J connectivity index is 1.58. The number of halogens is 2. The topological polar surface area (TPSA) is 129 Å². The van der Waals surface area contributed by atoms with Crippen molar-refractivity contribution in [2.75, 3.05) is 16.4 Å². The van der Waals surface area contributed by atoms with Gasteiger partial charge in [0.2, 0.25) is 0 Å². The summed E-state index contributed by atoms with van der Waals surface area (Å²) in [6.07, 6.45) is 2.89. The summed E-state index contributed by atoms with van der Waals surface area (Å²) in [6.45, 7) is 7.67. The third-order valence-corrected chi connectivity index (χ3v) is 6.95. The van der Waals surface area contributed by atoms with E-state index < -0.39 is 17.3 Å². The van der Waals surface area contributed by atoms with E-state index in [1.807, 2.05) is 52.0 Å². The number of nitrogens with zero attached hydrogens (tertiary/aromatic N) is 2. The lowest BCUT2D eigenvalue weighted by Gasteiger charge is -2.20. The summed E-state index contributed by atoms with van der Waals surface area (Å²) in [5, 5.41) is 18.8. The van der Waals surface area contributed by atoms with Crippen LogP contribution >= 0.6 is 22.9 Å². The van der Waals surface area contributed by atoms with Crippen molar-refractivity contribution in [3.63, 3.8) is 0 Å². The Bertz CT molecular complexity index is 1560. The fraction of sp³-hybridized carbons (Fsp3) is 0.185. The zero-order valence-corrected chi connectivity index (χ0v) is 22.8. The van der Waals surface area contributed by atoms with Crippen molar-refractivity contribution in [3.05, 3.63) is 76.4 Å². The van der Waals surface area contributed by atoms with Crippen molar-refractivity contribution in [1.82, 2.24) is 15.3 Å². The van der Waals surface area contributed by atoms with Gasteiger partial charge in [-0.25, -0.2) is 19.2 Å². The lowest BCUT2D eigenvalue weighted by Crippen LogP contribution is -2.33. The normalized spacial score (nSPS) is 11.9. The highest BCUT2D eigenvalue weighted by molar-refractivity contribution is 7.17. The number of nitrogen functional groups attached to an aromatic ring is 1. The molecule has 0 aliphatic heterocycles. The Morgan fingerprint density at radius 3 is 2.50 bits per heavy atom. The number of nitrogens with one attached hydrogen (secondary N) is 4. The van der Waals surface area contributed by atoms with Gasteiger partial charge in [-0.05, 0) is 31.2 Å². The van der Waals surface area contributed by atoms with Crippen LogP contribution in [0.5, 0.6) is 0 Å². The molecule has 0 spiro atoms. The maximum Gasteiger partial charge on any atom is 0.324 e. The first kappa shape index (κ1) is 27.0. The number of urea groups is 1. The summed E-state index contributed by atoms with van der Waals surface area (Å²) in [6, 6.07) is 9.94. The lowest BCUT2D eigenvalue weighted by molar-refractivity contribution is 0.254. The molecule has 196 valence electrons. The van der Waals surface area contributed by atoms with E-state index in [4.69, 9.17) is 22.7 Å². The van der Waals surface area contributed by atoms with E-state index >= 15 is 4.39 Å². The summed E-state index contributed by atoms with van der Waals surface area (Å²) < 4.78 is 15.4. The number of thiophene rings is 1. The van der Waals surface area contributed by atoms with E-state index in [2.05, 4.69) is 25.9 Å². The molecular weight excluding hydrogens is 525 g/mol. The first-order chi connectivity index (χ1) is 17.9. The second kappa shape index (κ2) is 10.8. The number of benzene rings is 2. The zero-order valence-electron chi connectivity index (χ0n) is 21.2. The molecule has 2 amide bonds. The molecule has 0 bridgehead atoms. The Hall–Kier alpha value is -4.02. The largest absolute Gasteiger partial charge is 0.383 e. The van der Waals surface area contributed by atoms with Crippen LogP contribution in [0.15, 0.2) is 60.0 Å². The molecule has 0 radical (unpaired) electrons. The van der Waals surface area contributed by atoms with Gasteiger partial charge in [-0.3, -0.25) is 5.32 Å². The van der Waals surface area contributed by atoms with Gasteiger partial charge in [0.1, 0.15) is 27.8 Å². The van der Waals surface area contributed by atoms with Crippen molar-refractivity contribution >= 4 is 62.1 Å². The van der Waals surface area contributed by atoms with Gasteiger partial charge in [-0.1, -0.05) is 50.1 Å². The maximum absolute atomic E-state index is 15.4. The molecule has 0 saturated carbocycles. The van der Waals surface area contributed by atoms with Crippen LogP contribution in [-0.2, 0) is 0 Å². The molecule has 0 aliphatic carbocycles. The molecule has 0 aliphatic rings. The molecule has 11 heteroatoms. The van der Waals surface area contributed by atoms with E-state index in [1.165, 1.54) is 29.8 Å². The predicted octanol–water partition coefficient (Wildman–Crippen LogP) is 7.18. The Kier molecular flexibility index (Phi) is 7.66. The predicted molar refractivity (Wildman–Crippen MR) is 154 cm³/mol. The Morgan fingerprint density at radius 1 is 1.11 bits per heavy atom. The van der Waals surface area contributed by atoms with E-state index in [-0.39, 0.29) is 27.9 Å². The molecule has 2 aromatic carbocycles. The third kappa shape index (κ3) is 5.92. The average Bonchev–Trinajstić information content (AvgIpc) is 3.28. The van der Waals surface area contributed by atoms with E-state index in [9.17, 15) is 4.79 Å². The van der Waals surface area contributed by atoms with Gasteiger partial charge < -0.3 is 21.8 Å². The van der Waals surface area contributed by atoms with Crippen molar-refractivity contribution < 1.29 is 9.18 Å². The molecule has 4 rings (SSSR count). The van der Waals surface area contributed by atoms with Crippen LogP contribution in [0.1, 0.15) is 26.3 Å². The number of aryl methyl sites for hydroxylation is 1. The number of rotatable bonds is 6. The minimum atomic E-state index is -0.713. The SMILES string of the molecule is Cc1ccc(N/C(=C\C(=N)C(C)(C)C)NC(=O)Nc2ccc(-c3csc4ncnc(N)c34)c(F)c2Cl)cc1. The summed E-state index contributed by atoms with van der Waals surface area (Å²) in [5.41, 5.74) is 8.48. The van der Waals surface area contributed by atoms with Crippen molar-refractivity contribution in [2.24, 2.45) is 5.41 Å². The number of hydrogen-bond acceptors (Lipinski definition) is 7. The van der Waals surface area contributed by atoms with Crippen LogP contribution in [0.25, 0.3) is 21.3 Å². The van der Waals surface area contributed by atoms with Crippen LogP contribution < -0.4 is 21.7 Å². The van der Waals surface area contributed by atoms with Crippen LogP contribution in [0.3, 0.4) is 0 Å². The third-order valence-electron chi connectivity index (χ3n) is 5.70. The number of allylic oxidation sites excluding steroid dienone is 1. The van der Waals surface area contributed by atoms with Crippen LogP contribution in [0, 0.1) is 23.6 Å². The molecule has 2 heterocycles. The number of fused-ring (bicyclic) bond motifs is 1. The second-order valence-corrected chi connectivity index (χ2v) is 10.9. The fourth-order valence-corrected chi connectivity index (χ4v) is 4.61. The molecule has 6 N–H and O–H groups in total. The first-order valence-corrected chi connectivity index (χ1v) is 12.9. The van der Waals surface area contributed by atoms with Gasteiger partial charge in [-0.2, -0.15) is 0 Å². The first-order valence-electron chi connectivity index (χ1n) is 11.6. The molecule has 4 aromatic rings. The summed E-state index contributed by atoms with van der Waals surface area (Å²) in [4.78, 5) is 21.7. The quantitative estimate of drug-likeness (QED) is 0.162. The highest BCUT2D eigenvalue weighted by atomic mass is 35.5. The average molecular weight is 552 g/mol. The smallest absolute Gasteiger partial charge is 0.324 e. The van der Waals surface area contributed by atoms with E-state index in [0.29, 0.717) is 21.5 Å². The van der Waals surface area contributed by atoms with Crippen LogP contribution in [0.4, 0.5) is 26.4 Å². The van der Waals surface area contributed by atoms with Gasteiger partial charge >= 0.3 is 6.03 Å². The van der Waals surface area contributed by atoms with E-state index in [1.54, 1.807) is 11.5 Å². The number of amides is 2. The highest BCUT2D eigenvalue weighted by Gasteiger charge is 2.20. The molecule has 0 unspecified atom stereocenters. The molecule has 8 nitrogen and oxygen atoms in total. The standard InChI is InChI=1S/C27H27ClFN7OS/c1-14-5-7-15(8-6-14)34-20(11-19(30)27(2,3)4)36-26(37)35-18-10-9-16(23(29)22(18)28)17-12-38-25-21(17)24(31)32-13-33-25/h5-13,30,34H,1-4H3,(H2,31,32,33)(H2,35,36,37)/b20-11+,30-19?. The molecule has 0 saturated heterocycles. The number of carbonyl (C=O) groups is 1. The summed E-state index contributed by atoms with van der Waals surface area (Å²) in [5.74, 6) is -0.195. The van der Waals surface area contributed by atoms with Crippen molar-refractivity contribution in [2.45, 2.75) is 27.7 Å². The second-order valence-electron chi connectivity index (χ2n) is 9.67. The maximum atomic E-state index is 15.4. The molecule has 0 atom stereocenters. The number of anilines is 3. The van der Waals surface area contributed by atoms with Gasteiger partial charge in [-0.15, -0.1) is 11.3 Å². The van der Waals surface area contributed by atoms with Crippen LogP contribution in [-0.4, -0.2) is 21.7 Å². The number of aromatic nitrogens is 2. The summed E-state index contributed by atoms with van der Waals surface area (Å²) >= 11 is 7.65. The van der Waals surface area contributed by atoms with E-state index in [0.717, 1.165) is 11.3 Å². The van der Waals surface area contributed by atoms with Crippen molar-refractivity contribution in [3.8, 4) is 11.1 Å². The van der Waals surface area contributed by atoms with Gasteiger partial charge in [0.15, 0.2) is 5.82 Å². The molecule has 38 heavy (non-hydrogen) atoms. The Labute approximate surface area is 228 Å². The van der Waals surface area contributed by atoms with Crippen molar-refractivity contribution in [1.29, 1.82) is 5.41 Å². The lowest BCUT2D eigenvalue weighted by atomic mass is 9.90. The zero-order chi connectivity index (χ0) is 27.6. The minimum Gasteiger partial charge on any atom is -0.383 e. The summed E-state index contributed by atoms with van der Waals surface area (Å²) in [7, 11) is 0. The van der Waals surface area contributed by atoms with Gasteiger partial charge in [0.05, 0.1) is 11.1 Å². The number of carbonyl (C=O) groups excluding carboxylic acids is 1. The highest BCUT2D eigenvalue weighted by Crippen LogP contribution is 2.40. The molecule has 0 fully saturated rings. The van der Waals surface area contributed by atoms with Crippen LogP contribution in [0.2, 0.25) is 5.02 Å². The fourth-order valence-electron chi connectivity index (χ4n) is 3.48. The molecular formula is C27H27ClFN7OS. The van der Waals surface area contributed by atoms with Gasteiger partial charge in [0, 0.05) is 39.4 Å². The Morgan fingerprint density at radius 2 is 1.82 bits per heavy atom. The van der Waals surface area contributed by atoms with Gasteiger partial charge in [0.25, 0.3) is 0 Å². The number of nitrogens with two attached hydrogens (primary N) is 1.